The summed E-state index contributed by atoms with van der Waals surface area (Å²) in [5.74, 6) is -0.301. The largest absolute Gasteiger partial charge is 0.266 e. The van der Waals surface area contributed by atoms with Crippen molar-refractivity contribution >= 4 is 27.6 Å². The molecule has 0 N–H and O–H groups in total. The fraction of sp³-hybridized carbons (Fsp3) is 0.0952. The molecule has 27 heavy (non-hydrogen) atoms. The predicted molar refractivity (Wildman–Crippen MR) is 105 cm³/mol. The van der Waals surface area contributed by atoms with Gasteiger partial charge in [0.25, 0.3) is 10.0 Å². The Balaban J connectivity index is 1.56. The molecule has 0 aliphatic carbocycles. The minimum atomic E-state index is -3.60. The lowest BCUT2D eigenvalue weighted by molar-refractivity contribution is 0.592. The Hall–Kier alpha value is -2.99. The van der Waals surface area contributed by atoms with E-state index in [-0.39, 0.29) is 10.7 Å². The van der Waals surface area contributed by atoms with Gasteiger partial charge in [-0.15, -0.1) is 0 Å². The normalized spacial score (nSPS) is 13.9. The average molecular weight is 380 g/mol. The number of nitrogens with zero attached hydrogens (tertiary/aromatic N) is 2. The molecule has 1 aliphatic rings. The molecule has 4 rings (SSSR count). The first kappa shape index (κ1) is 17.4. The fourth-order valence-electron chi connectivity index (χ4n) is 3.09. The van der Waals surface area contributed by atoms with Crippen molar-refractivity contribution in [2.45, 2.75) is 11.3 Å². The van der Waals surface area contributed by atoms with Crippen LogP contribution in [0, 0.1) is 5.82 Å². The van der Waals surface area contributed by atoms with Gasteiger partial charge in [-0.25, -0.2) is 12.8 Å². The van der Waals surface area contributed by atoms with Crippen LogP contribution in [0.2, 0.25) is 0 Å². The van der Waals surface area contributed by atoms with Crippen molar-refractivity contribution in [3.63, 3.8) is 0 Å². The van der Waals surface area contributed by atoms with Gasteiger partial charge in [0.15, 0.2) is 0 Å². The van der Waals surface area contributed by atoms with Gasteiger partial charge in [0.1, 0.15) is 5.82 Å². The van der Waals surface area contributed by atoms with E-state index >= 15 is 0 Å². The van der Waals surface area contributed by atoms with Gasteiger partial charge >= 0.3 is 0 Å². The van der Waals surface area contributed by atoms with Gasteiger partial charge in [-0.2, -0.15) is 0 Å². The predicted octanol–water partition coefficient (Wildman–Crippen LogP) is 4.33. The topological polar surface area (TPSA) is 49.7 Å². The average Bonchev–Trinajstić information content (AvgIpc) is 3.13. The summed E-state index contributed by atoms with van der Waals surface area (Å²) in [6.07, 6.45) is 2.33. The Morgan fingerprint density at radius 1 is 0.926 bits per heavy atom. The number of halogens is 1. The van der Waals surface area contributed by atoms with Gasteiger partial charge in [0, 0.05) is 12.8 Å². The van der Waals surface area contributed by atoms with Crippen LogP contribution in [-0.2, 0) is 16.4 Å². The summed E-state index contributed by atoms with van der Waals surface area (Å²) in [6.45, 7) is 0.451. The number of para-hydroxylation sites is 1. The van der Waals surface area contributed by atoms with Crippen LogP contribution in [0.5, 0.6) is 0 Å². The highest BCUT2D eigenvalue weighted by molar-refractivity contribution is 7.92. The maximum atomic E-state index is 13.0. The summed E-state index contributed by atoms with van der Waals surface area (Å²) >= 11 is 0. The fourth-order valence-corrected chi connectivity index (χ4v) is 4.59. The first-order chi connectivity index (χ1) is 13.0. The number of fused-ring (bicyclic) bond motifs is 1. The molecule has 0 saturated heterocycles. The molecular weight excluding hydrogens is 363 g/mol. The second kappa shape index (κ2) is 6.96. The van der Waals surface area contributed by atoms with Crippen molar-refractivity contribution in [1.82, 2.24) is 0 Å². The molecule has 0 aromatic heterocycles. The standard InChI is InChI=1S/C21H17FN2O2S/c22-18-7-5-16(6-8-18)15-23-19-9-11-20(12-10-19)27(25,26)24-14-13-17-3-1-2-4-21(17)24/h1-12,15H,13-14H2. The summed E-state index contributed by atoms with van der Waals surface area (Å²) in [4.78, 5) is 4.54. The van der Waals surface area contributed by atoms with Crippen LogP contribution in [0.4, 0.5) is 15.8 Å². The molecule has 0 atom stereocenters. The molecule has 1 heterocycles. The molecule has 1 aliphatic heterocycles. The lowest BCUT2D eigenvalue weighted by atomic mass is 10.2. The monoisotopic (exact) mass is 380 g/mol. The van der Waals surface area contributed by atoms with Crippen molar-refractivity contribution in [1.29, 1.82) is 0 Å². The van der Waals surface area contributed by atoms with E-state index in [4.69, 9.17) is 0 Å². The highest BCUT2D eigenvalue weighted by Gasteiger charge is 2.30. The van der Waals surface area contributed by atoms with E-state index in [0.717, 1.165) is 23.2 Å². The SMILES string of the molecule is O=S(=O)(c1ccc(N=Cc2ccc(F)cc2)cc1)N1CCc2ccccc21. The highest BCUT2D eigenvalue weighted by Crippen LogP contribution is 2.33. The molecule has 4 nitrogen and oxygen atoms in total. The van der Waals surface area contributed by atoms with Gasteiger partial charge in [-0.05, 0) is 60.0 Å². The molecular formula is C21H17FN2O2S. The van der Waals surface area contributed by atoms with Crippen LogP contribution in [0.25, 0.3) is 0 Å². The van der Waals surface area contributed by atoms with E-state index in [1.807, 2.05) is 24.3 Å². The third kappa shape index (κ3) is 3.48. The van der Waals surface area contributed by atoms with Crippen LogP contribution in [0.1, 0.15) is 11.1 Å². The lowest BCUT2D eigenvalue weighted by Gasteiger charge is -2.19. The number of anilines is 1. The van der Waals surface area contributed by atoms with Crippen molar-refractivity contribution in [3.05, 3.63) is 89.7 Å². The maximum absolute atomic E-state index is 13.0. The molecule has 6 heteroatoms. The summed E-state index contributed by atoms with van der Waals surface area (Å²) in [7, 11) is -3.60. The Bertz CT molecular complexity index is 1090. The number of rotatable bonds is 4. The lowest BCUT2D eigenvalue weighted by Crippen LogP contribution is -2.29. The molecule has 0 fully saturated rings. The van der Waals surface area contributed by atoms with Crippen molar-refractivity contribution in [2.75, 3.05) is 10.8 Å². The summed E-state index contributed by atoms with van der Waals surface area (Å²) in [5.41, 5.74) is 3.18. The number of hydrogen-bond donors (Lipinski definition) is 0. The van der Waals surface area contributed by atoms with Gasteiger partial charge in [0.05, 0.1) is 16.3 Å². The number of hydrogen-bond acceptors (Lipinski definition) is 3. The first-order valence-corrected chi connectivity index (χ1v) is 9.98. The molecule has 0 saturated carbocycles. The zero-order valence-corrected chi connectivity index (χ0v) is 15.2. The summed E-state index contributed by atoms with van der Waals surface area (Å²) in [5, 5.41) is 0. The quantitative estimate of drug-likeness (QED) is 0.633. The summed E-state index contributed by atoms with van der Waals surface area (Å²) < 4.78 is 40.3. The van der Waals surface area contributed by atoms with Gasteiger partial charge in [-0.3, -0.25) is 9.30 Å². The van der Waals surface area contributed by atoms with Crippen molar-refractivity contribution in [2.24, 2.45) is 4.99 Å². The zero-order valence-electron chi connectivity index (χ0n) is 14.4. The molecule has 0 spiro atoms. The first-order valence-electron chi connectivity index (χ1n) is 8.54. The van der Waals surface area contributed by atoms with E-state index in [1.165, 1.54) is 16.4 Å². The molecule has 3 aromatic rings. The van der Waals surface area contributed by atoms with Crippen molar-refractivity contribution < 1.29 is 12.8 Å². The van der Waals surface area contributed by atoms with Crippen LogP contribution in [0.15, 0.2) is 82.7 Å². The minimum absolute atomic E-state index is 0.236. The molecule has 0 bridgehead atoms. The van der Waals surface area contributed by atoms with Gasteiger partial charge in [0.2, 0.25) is 0 Å². The second-order valence-corrected chi connectivity index (χ2v) is 8.12. The Labute approximate surface area is 157 Å². The Morgan fingerprint density at radius 2 is 1.63 bits per heavy atom. The molecule has 3 aromatic carbocycles. The zero-order chi connectivity index (χ0) is 18.9. The highest BCUT2D eigenvalue weighted by atomic mass is 32.2. The van der Waals surface area contributed by atoms with Crippen LogP contribution < -0.4 is 4.31 Å². The van der Waals surface area contributed by atoms with E-state index in [2.05, 4.69) is 4.99 Å². The smallest absolute Gasteiger partial charge is 0.264 e. The number of aliphatic imine (C=N–C) groups is 1. The van der Waals surface area contributed by atoms with Crippen LogP contribution in [-0.4, -0.2) is 21.2 Å². The number of benzene rings is 3. The Kier molecular flexibility index (Phi) is 4.49. The van der Waals surface area contributed by atoms with E-state index < -0.39 is 10.0 Å². The van der Waals surface area contributed by atoms with Crippen LogP contribution in [0.3, 0.4) is 0 Å². The van der Waals surface area contributed by atoms with Gasteiger partial charge < -0.3 is 0 Å². The Morgan fingerprint density at radius 3 is 2.37 bits per heavy atom. The third-order valence-electron chi connectivity index (χ3n) is 4.50. The number of sulfonamides is 1. The van der Waals surface area contributed by atoms with E-state index in [0.29, 0.717) is 12.2 Å². The summed E-state index contributed by atoms with van der Waals surface area (Å²) in [6, 6.07) is 20.0. The maximum Gasteiger partial charge on any atom is 0.264 e. The van der Waals surface area contributed by atoms with Gasteiger partial charge in [-0.1, -0.05) is 30.3 Å². The molecule has 0 amide bonds. The molecule has 0 unspecified atom stereocenters. The minimum Gasteiger partial charge on any atom is -0.266 e. The van der Waals surface area contributed by atoms with E-state index in [1.54, 1.807) is 42.6 Å². The third-order valence-corrected chi connectivity index (χ3v) is 6.33. The molecule has 0 radical (unpaired) electrons. The van der Waals surface area contributed by atoms with Crippen LogP contribution >= 0.6 is 0 Å². The van der Waals surface area contributed by atoms with E-state index in [9.17, 15) is 12.8 Å². The van der Waals surface area contributed by atoms with Crippen molar-refractivity contribution in [3.8, 4) is 0 Å². The molecule has 136 valence electrons. The second-order valence-electron chi connectivity index (χ2n) is 6.26.